The third-order valence-corrected chi connectivity index (χ3v) is 4.18. The quantitative estimate of drug-likeness (QED) is 0.782. The summed E-state index contributed by atoms with van der Waals surface area (Å²) in [5.41, 5.74) is -0.0609. The number of halogens is 1. The molecule has 1 aliphatic heterocycles. The van der Waals surface area contributed by atoms with Crippen molar-refractivity contribution in [2.75, 3.05) is 25.0 Å². The first-order chi connectivity index (χ1) is 8.20. The van der Waals surface area contributed by atoms with Crippen molar-refractivity contribution in [1.82, 2.24) is 15.3 Å². The molecule has 1 aliphatic rings. The number of H-pyrrole nitrogens is 1. The summed E-state index contributed by atoms with van der Waals surface area (Å²) in [5, 5.41) is 3.39. The predicted octanol–water partition coefficient (Wildman–Crippen LogP) is 0.953. The molecule has 0 spiro atoms. The van der Waals surface area contributed by atoms with Crippen LogP contribution in [0.2, 0.25) is 0 Å². The fraction of sp³-hybridized carbons (Fsp3) is 0.636. The van der Waals surface area contributed by atoms with Gasteiger partial charge in [-0.1, -0.05) is 0 Å². The van der Waals surface area contributed by atoms with Crippen molar-refractivity contribution in [3.63, 3.8) is 0 Å². The van der Waals surface area contributed by atoms with E-state index in [-0.39, 0.29) is 5.56 Å². The summed E-state index contributed by atoms with van der Waals surface area (Å²) in [4.78, 5) is 20.6. The van der Waals surface area contributed by atoms with Crippen molar-refractivity contribution in [3.8, 4) is 0 Å². The lowest BCUT2D eigenvalue weighted by molar-refractivity contribution is 0.561. The van der Waals surface area contributed by atoms with E-state index in [0.717, 1.165) is 31.7 Å². The first kappa shape index (κ1) is 12.8. The van der Waals surface area contributed by atoms with Crippen LogP contribution in [-0.2, 0) is 0 Å². The van der Waals surface area contributed by atoms with Crippen LogP contribution >= 0.6 is 22.6 Å². The molecule has 1 atom stereocenters. The summed E-state index contributed by atoms with van der Waals surface area (Å²) < 4.78 is 0.671. The zero-order valence-corrected chi connectivity index (χ0v) is 12.0. The molecule has 1 fully saturated rings. The number of aromatic amines is 1. The first-order valence-electron chi connectivity index (χ1n) is 5.87. The molecule has 17 heavy (non-hydrogen) atoms. The van der Waals surface area contributed by atoms with Crippen molar-refractivity contribution < 1.29 is 0 Å². The van der Waals surface area contributed by atoms with Gasteiger partial charge in [-0.25, -0.2) is 4.98 Å². The lowest BCUT2D eigenvalue weighted by atomic mass is 10.1. The summed E-state index contributed by atoms with van der Waals surface area (Å²) in [6.45, 7) is 2.12. The molecular formula is C11H17IN4O. The topological polar surface area (TPSA) is 61.0 Å². The smallest absolute Gasteiger partial charge is 0.266 e. The summed E-state index contributed by atoms with van der Waals surface area (Å²) >= 11 is 2.06. The number of anilines is 1. The van der Waals surface area contributed by atoms with E-state index in [1.165, 1.54) is 12.7 Å². The minimum Gasteiger partial charge on any atom is -0.356 e. The average Bonchev–Trinajstić information content (AvgIpc) is 2.60. The summed E-state index contributed by atoms with van der Waals surface area (Å²) in [6, 6.07) is 0.466. The normalized spacial score (nSPS) is 20.9. The Morgan fingerprint density at radius 3 is 3.12 bits per heavy atom. The molecule has 1 aromatic rings. The van der Waals surface area contributed by atoms with E-state index < -0.39 is 0 Å². The Bertz CT molecular complexity index is 426. The molecule has 1 unspecified atom stereocenters. The highest BCUT2D eigenvalue weighted by Crippen LogP contribution is 2.20. The molecular weight excluding hydrogens is 331 g/mol. The molecule has 0 bridgehead atoms. The van der Waals surface area contributed by atoms with Gasteiger partial charge in [-0.15, -0.1) is 0 Å². The molecule has 94 valence electrons. The van der Waals surface area contributed by atoms with E-state index in [2.05, 4.69) is 42.8 Å². The minimum absolute atomic E-state index is 0.0609. The van der Waals surface area contributed by atoms with Crippen LogP contribution in [0.15, 0.2) is 11.1 Å². The van der Waals surface area contributed by atoms with Gasteiger partial charge in [0.2, 0.25) is 0 Å². The van der Waals surface area contributed by atoms with Crippen molar-refractivity contribution in [2.45, 2.75) is 25.3 Å². The molecule has 0 radical (unpaired) electrons. The van der Waals surface area contributed by atoms with Crippen molar-refractivity contribution >= 4 is 28.4 Å². The molecule has 2 rings (SSSR count). The van der Waals surface area contributed by atoms with Crippen LogP contribution in [0, 0.1) is 3.57 Å². The Kier molecular flexibility index (Phi) is 4.38. The average molecular weight is 348 g/mol. The highest BCUT2D eigenvalue weighted by molar-refractivity contribution is 14.1. The van der Waals surface area contributed by atoms with Gasteiger partial charge in [-0.05, 0) is 54.9 Å². The third kappa shape index (κ3) is 2.98. The lowest BCUT2D eigenvalue weighted by Gasteiger charge is -2.28. The molecule has 2 heterocycles. The Morgan fingerprint density at radius 2 is 2.29 bits per heavy atom. The second-order valence-corrected chi connectivity index (χ2v) is 5.39. The van der Waals surface area contributed by atoms with Gasteiger partial charge in [0.05, 0.1) is 6.33 Å². The van der Waals surface area contributed by atoms with Gasteiger partial charge in [-0.3, -0.25) is 4.79 Å². The van der Waals surface area contributed by atoms with E-state index in [0.29, 0.717) is 9.61 Å². The van der Waals surface area contributed by atoms with E-state index >= 15 is 0 Å². The number of rotatable bonds is 2. The van der Waals surface area contributed by atoms with Gasteiger partial charge in [0.25, 0.3) is 5.56 Å². The van der Waals surface area contributed by atoms with E-state index in [1.807, 2.05) is 7.05 Å². The van der Waals surface area contributed by atoms with Crippen LogP contribution in [0.25, 0.3) is 0 Å². The highest BCUT2D eigenvalue weighted by atomic mass is 127. The fourth-order valence-corrected chi connectivity index (χ4v) is 2.86. The zero-order chi connectivity index (χ0) is 12.3. The Hall–Kier alpha value is -0.630. The first-order valence-corrected chi connectivity index (χ1v) is 6.94. The number of hydrogen-bond donors (Lipinski definition) is 2. The van der Waals surface area contributed by atoms with Gasteiger partial charge >= 0.3 is 0 Å². The van der Waals surface area contributed by atoms with E-state index in [9.17, 15) is 4.79 Å². The molecule has 5 nitrogen and oxygen atoms in total. The second kappa shape index (κ2) is 5.81. The lowest BCUT2D eigenvalue weighted by Crippen LogP contribution is -2.35. The number of hydrogen-bond acceptors (Lipinski definition) is 4. The monoisotopic (exact) mass is 348 g/mol. The number of nitrogens with one attached hydrogen (secondary N) is 2. The standard InChI is InChI=1S/C11H17IN4O/c1-16(8-3-2-5-13-6-4-8)10-9(12)11(17)15-7-14-10/h7-8,13H,2-6H2,1H3,(H,14,15,17). The van der Waals surface area contributed by atoms with Crippen molar-refractivity contribution in [2.24, 2.45) is 0 Å². The second-order valence-electron chi connectivity index (χ2n) is 4.31. The maximum Gasteiger partial charge on any atom is 0.266 e. The van der Waals surface area contributed by atoms with Crippen LogP contribution < -0.4 is 15.8 Å². The van der Waals surface area contributed by atoms with Crippen LogP contribution in [0.4, 0.5) is 5.82 Å². The zero-order valence-electron chi connectivity index (χ0n) is 9.87. The minimum atomic E-state index is -0.0609. The molecule has 0 aliphatic carbocycles. The molecule has 2 N–H and O–H groups in total. The third-order valence-electron chi connectivity index (χ3n) is 3.21. The maximum atomic E-state index is 11.6. The van der Waals surface area contributed by atoms with Gasteiger partial charge in [0.15, 0.2) is 0 Å². The molecule has 1 aromatic heterocycles. The highest BCUT2D eigenvalue weighted by Gasteiger charge is 2.20. The Morgan fingerprint density at radius 1 is 1.47 bits per heavy atom. The van der Waals surface area contributed by atoms with Gasteiger partial charge < -0.3 is 15.2 Å². The number of aromatic nitrogens is 2. The summed E-state index contributed by atoms with van der Waals surface area (Å²) in [5.74, 6) is 0.793. The van der Waals surface area contributed by atoms with E-state index in [4.69, 9.17) is 0 Å². The van der Waals surface area contributed by atoms with Gasteiger partial charge in [-0.2, -0.15) is 0 Å². The summed E-state index contributed by atoms with van der Waals surface area (Å²) in [7, 11) is 2.03. The molecule has 1 saturated heterocycles. The predicted molar refractivity (Wildman–Crippen MR) is 76.5 cm³/mol. The van der Waals surface area contributed by atoms with Crippen LogP contribution in [0.5, 0.6) is 0 Å². The largest absolute Gasteiger partial charge is 0.356 e. The molecule has 0 saturated carbocycles. The maximum absolute atomic E-state index is 11.6. The fourth-order valence-electron chi connectivity index (χ4n) is 2.18. The summed E-state index contributed by atoms with van der Waals surface area (Å²) in [6.07, 6.45) is 4.90. The molecule has 0 aromatic carbocycles. The van der Waals surface area contributed by atoms with Gasteiger partial charge in [0, 0.05) is 13.1 Å². The Labute approximate surface area is 114 Å². The molecule has 0 amide bonds. The molecule has 6 heteroatoms. The van der Waals surface area contributed by atoms with E-state index in [1.54, 1.807) is 0 Å². The van der Waals surface area contributed by atoms with Crippen LogP contribution in [0.1, 0.15) is 19.3 Å². The van der Waals surface area contributed by atoms with Crippen LogP contribution in [0.3, 0.4) is 0 Å². The Balaban J connectivity index is 2.20. The number of nitrogens with zero attached hydrogens (tertiary/aromatic N) is 2. The van der Waals surface area contributed by atoms with Crippen molar-refractivity contribution in [1.29, 1.82) is 0 Å². The van der Waals surface area contributed by atoms with Crippen LogP contribution in [-0.4, -0.2) is 36.1 Å². The van der Waals surface area contributed by atoms with Crippen molar-refractivity contribution in [3.05, 3.63) is 20.3 Å². The van der Waals surface area contributed by atoms with Gasteiger partial charge in [0.1, 0.15) is 9.39 Å². The SMILES string of the molecule is CN(c1nc[nH]c(=O)c1I)C1CCCNCC1.